The quantitative estimate of drug-likeness (QED) is 0.520. The third kappa shape index (κ3) is 6.23. The number of benzene rings is 2. The summed E-state index contributed by atoms with van der Waals surface area (Å²) in [4.78, 5) is 29.6. The second-order valence-electron chi connectivity index (χ2n) is 7.98. The Morgan fingerprint density at radius 1 is 1.13 bits per heavy atom. The molecule has 0 saturated carbocycles. The molecule has 1 heterocycles. The normalized spacial score (nSPS) is 15.3. The zero-order valence-corrected chi connectivity index (χ0v) is 19.1. The van der Waals surface area contributed by atoms with Gasteiger partial charge >= 0.3 is 0 Å². The van der Waals surface area contributed by atoms with Gasteiger partial charge in [-0.05, 0) is 55.2 Å². The van der Waals surface area contributed by atoms with Gasteiger partial charge in [0, 0.05) is 18.1 Å². The van der Waals surface area contributed by atoms with E-state index in [2.05, 4.69) is 26.0 Å². The fraction of sp³-hybridized carbons (Fsp3) is 0.440. The van der Waals surface area contributed by atoms with Gasteiger partial charge in [-0.25, -0.2) is 0 Å². The molecule has 0 radical (unpaired) electrons. The van der Waals surface area contributed by atoms with Gasteiger partial charge in [0.2, 0.25) is 5.91 Å². The van der Waals surface area contributed by atoms with Crippen LogP contribution in [0.1, 0.15) is 50.3 Å². The van der Waals surface area contributed by atoms with Crippen molar-refractivity contribution < 1.29 is 14.3 Å². The number of fused-ring (bicyclic) bond motifs is 1. The number of nitrogens with zero attached hydrogens (tertiary/aromatic N) is 2. The summed E-state index contributed by atoms with van der Waals surface area (Å²) in [6.45, 7) is 5.39. The zero-order valence-electron chi connectivity index (χ0n) is 18.4. The standard InChI is InChI=1S/C25H31ClN2O3/c1-3-4-7-15-27(25(30)18-31-22-12-10-21(26)11-13-22)17-24(29)28-16-14-20-8-5-6-9-23(20)19(28)2/h5-6,8-13,19H,3-4,7,14-18H2,1-2H3. The topological polar surface area (TPSA) is 49.9 Å². The summed E-state index contributed by atoms with van der Waals surface area (Å²) in [5.74, 6) is 0.390. The molecule has 0 bridgehead atoms. The van der Waals surface area contributed by atoms with Gasteiger partial charge in [-0.1, -0.05) is 55.6 Å². The van der Waals surface area contributed by atoms with Gasteiger partial charge in [-0.2, -0.15) is 0 Å². The van der Waals surface area contributed by atoms with Crippen molar-refractivity contribution >= 4 is 23.4 Å². The molecule has 2 aromatic carbocycles. The Morgan fingerprint density at radius 2 is 1.87 bits per heavy atom. The van der Waals surface area contributed by atoms with Crippen LogP contribution in [0.15, 0.2) is 48.5 Å². The number of hydrogen-bond donors (Lipinski definition) is 0. The molecule has 1 atom stereocenters. The number of carbonyl (C=O) groups excluding carboxylic acids is 2. The van der Waals surface area contributed by atoms with Crippen LogP contribution in [-0.4, -0.2) is 47.9 Å². The summed E-state index contributed by atoms with van der Waals surface area (Å²) in [7, 11) is 0. The van der Waals surface area contributed by atoms with Crippen LogP contribution in [0, 0.1) is 0 Å². The molecule has 3 rings (SSSR count). The second-order valence-corrected chi connectivity index (χ2v) is 8.41. The van der Waals surface area contributed by atoms with Crippen LogP contribution >= 0.6 is 11.6 Å². The first kappa shape index (κ1) is 23.1. The van der Waals surface area contributed by atoms with Gasteiger partial charge in [-0.15, -0.1) is 0 Å². The Morgan fingerprint density at radius 3 is 2.61 bits per heavy atom. The van der Waals surface area contributed by atoms with Gasteiger partial charge in [0.25, 0.3) is 5.91 Å². The Bertz CT molecular complexity index is 885. The van der Waals surface area contributed by atoms with Crippen LogP contribution in [0.4, 0.5) is 0 Å². The molecule has 2 aromatic rings. The van der Waals surface area contributed by atoms with E-state index in [1.54, 1.807) is 29.2 Å². The number of hydrogen-bond acceptors (Lipinski definition) is 3. The van der Waals surface area contributed by atoms with Crippen molar-refractivity contribution in [3.05, 3.63) is 64.7 Å². The smallest absolute Gasteiger partial charge is 0.260 e. The van der Waals surface area contributed by atoms with E-state index in [9.17, 15) is 9.59 Å². The lowest BCUT2D eigenvalue weighted by Crippen LogP contribution is -2.47. The Balaban J connectivity index is 1.63. The molecule has 0 aliphatic carbocycles. The second kappa shape index (κ2) is 11.2. The molecule has 0 fully saturated rings. The summed E-state index contributed by atoms with van der Waals surface area (Å²) in [5.41, 5.74) is 2.49. The molecule has 5 nitrogen and oxygen atoms in total. The van der Waals surface area contributed by atoms with Crippen molar-refractivity contribution in [3.8, 4) is 5.75 Å². The molecule has 2 amide bonds. The maximum absolute atomic E-state index is 13.2. The van der Waals surface area contributed by atoms with E-state index < -0.39 is 0 Å². The monoisotopic (exact) mass is 442 g/mol. The first-order valence-electron chi connectivity index (χ1n) is 11.0. The number of amides is 2. The lowest BCUT2D eigenvalue weighted by molar-refractivity contribution is -0.143. The van der Waals surface area contributed by atoms with E-state index >= 15 is 0 Å². The third-order valence-electron chi connectivity index (χ3n) is 5.80. The SMILES string of the molecule is CCCCCN(CC(=O)N1CCc2ccccc2C1C)C(=O)COc1ccc(Cl)cc1. The van der Waals surface area contributed by atoms with E-state index in [0.29, 0.717) is 23.9 Å². The number of rotatable bonds is 9. The average molecular weight is 443 g/mol. The van der Waals surface area contributed by atoms with Crippen LogP contribution in [-0.2, 0) is 16.0 Å². The van der Waals surface area contributed by atoms with Gasteiger partial charge < -0.3 is 14.5 Å². The summed E-state index contributed by atoms with van der Waals surface area (Å²) in [5, 5.41) is 0.614. The minimum atomic E-state index is -0.176. The van der Waals surface area contributed by atoms with Crippen LogP contribution in [0.2, 0.25) is 5.02 Å². The van der Waals surface area contributed by atoms with Crippen molar-refractivity contribution in [1.82, 2.24) is 9.80 Å². The molecule has 0 aromatic heterocycles. The fourth-order valence-corrected chi connectivity index (χ4v) is 4.10. The molecule has 0 spiro atoms. The van der Waals surface area contributed by atoms with Crippen LogP contribution in [0.5, 0.6) is 5.75 Å². The maximum Gasteiger partial charge on any atom is 0.260 e. The van der Waals surface area contributed by atoms with E-state index in [4.69, 9.17) is 16.3 Å². The molecule has 1 aliphatic heterocycles. The first-order valence-corrected chi connectivity index (χ1v) is 11.4. The highest BCUT2D eigenvalue weighted by Gasteiger charge is 2.29. The lowest BCUT2D eigenvalue weighted by atomic mass is 9.93. The van der Waals surface area contributed by atoms with E-state index in [1.807, 2.05) is 17.0 Å². The van der Waals surface area contributed by atoms with Crippen LogP contribution < -0.4 is 4.74 Å². The zero-order chi connectivity index (χ0) is 22.2. The summed E-state index contributed by atoms with van der Waals surface area (Å²) < 4.78 is 5.63. The number of ether oxygens (including phenoxy) is 1. The Hall–Kier alpha value is -2.53. The van der Waals surface area contributed by atoms with Crippen molar-refractivity contribution in [2.75, 3.05) is 26.2 Å². The van der Waals surface area contributed by atoms with Gasteiger partial charge in [-0.3, -0.25) is 9.59 Å². The van der Waals surface area contributed by atoms with Gasteiger partial charge in [0.05, 0.1) is 12.6 Å². The predicted molar refractivity (Wildman–Crippen MR) is 123 cm³/mol. The highest BCUT2D eigenvalue weighted by molar-refractivity contribution is 6.30. The van der Waals surface area contributed by atoms with Crippen molar-refractivity contribution in [2.24, 2.45) is 0 Å². The Kier molecular flexibility index (Phi) is 8.35. The number of carbonyl (C=O) groups is 2. The molecule has 6 heteroatoms. The first-order chi connectivity index (χ1) is 15.0. The molecular weight excluding hydrogens is 412 g/mol. The average Bonchev–Trinajstić information content (AvgIpc) is 2.78. The highest BCUT2D eigenvalue weighted by Crippen LogP contribution is 2.29. The number of halogens is 1. The Labute approximate surface area is 189 Å². The molecule has 0 saturated heterocycles. The van der Waals surface area contributed by atoms with Crippen molar-refractivity contribution in [2.45, 2.75) is 45.6 Å². The third-order valence-corrected chi connectivity index (χ3v) is 6.05. The summed E-state index contributed by atoms with van der Waals surface area (Å²) in [6, 6.07) is 15.2. The lowest BCUT2D eigenvalue weighted by Gasteiger charge is -2.36. The fourth-order valence-electron chi connectivity index (χ4n) is 3.98. The van der Waals surface area contributed by atoms with E-state index in [-0.39, 0.29) is 31.0 Å². The van der Waals surface area contributed by atoms with Crippen LogP contribution in [0.25, 0.3) is 0 Å². The van der Waals surface area contributed by atoms with Gasteiger partial charge in [0.15, 0.2) is 6.61 Å². The molecular formula is C25H31ClN2O3. The molecule has 166 valence electrons. The molecule has 1 aliphatic rings. The van der Waals surface area contributed by atoms with Crippen molar-refractivity contribution in [1.29, 1.82) is 0 Å². The van der Waals surface area contributed by atoms with Gasteiger partial charge in [0.1, 0.15) is 5.75 Å². The molecule has 1 unspecified atom stereocenters. The maximum atomic E-state index is 13.2. The van der Waals surface area contributed by atoms with E-state index in [1.165, 1.54) is 11.1 Å². The highest BCUT2D eigenvalue weighted by atomic mass is 35.5. The summed E-state index contributed by atoms with van der Waals surface area (Å²) in [6.07, 6.45) is 3.78. The van der Waals surface area contributed by atoms with Crippen molar-refractivity contribution in [3.63, 3.8) is 0 Å². The van der Waals surface area contributed by atoms with E-state index in [0.717, 1.165) is 25.7 Å². The molecule has 31 heavy (non-hydrogen) atoms. The minimum absolute atomic E-state index is 0.00959. The molecule has 0 N–H and O–H groups in total. The largest absolute Gasteiger partial charge is 0.484 e. The summed E-state index contributed by atoms with van der Waals surface area (Å²) >= 11 is 5.90. The number of unbranched alkanes of at least 4 members (excludes halogenated alkanes) is 2. The van der Waals surface area contributed by atoms with Crippen LogP contribution in [0.3, 0.4) is 0 Å². The minimum Gasteiger partial charge on any atom is -0.484 e. The predicted octanol–water partition coefficient (Wildman–Crippen LogP) is 4.88.